The van der Waals surface area contributed by atoms with Crippen LogP contribution in [0.3, 0.4) is 0 Å². The van der Waals surface area contributed by atoms with Crippen LogP contribution in [0.1, 0.15) is 6.42 Å². The molecular weight excluding hydrogens is 262 g/mol. The van der Waals surface area contributed by atoms with Gasteiger partial charge in [-0.25, -0.2) is 0 Å². The third-order valence-electron chi connectivity index (χ3n) is 2.28. The average Bonchev–Trinajstić information content (AvgIpc) is 1.96. The van der Waals surface area contributed by atoms with Crippen molar-refractivity contribution in [3.05, 3.63) is 0 Å². The molecule has 17 heavy (non-hydrogen) atoms. The normalized spacial score (nSPS) is 14.1. The molecule has 0 unspecified atom stereocenters. The number of hydrogen-bond donors (Lipinski definition) is 1. The third kappa shape index (κ3) is 10.2. The second kappa shape index (κ2) is 6.63. The minimum Gasteiger partial charge on any atom is -0.437 e. The van der Waals surface area contributed by atoms with Crippen LogP contribution >= 0.6 is 0 Å². The Balaban J connectivity index is 4.27. The minimum absolute atomic E-state index is 1.08. The van der Waals surface area contributed by atoms with E-state index in [0.717, 1.165) is 6.54 Å². The predicted octanol–water partition coefficient (Wildman–Crippen LogP) is 3.37. The van der Waals surface area contributed by atoms with Crippen LogP contribution in [-0.2, 0) is 8.23 Å². The van der Waals surface area contributed by atoms with Crippen molar-refractivity contribution in [2.24, 2.45) is 0 Å². The van der Waals surface area contributed by atoms with Crippen molar-refractivity contribution in [3.63, 3.8) is 0 Å². The Morgan fingerprint density at radius 1 is 0.882 bits per heavy atom. The van der Waals surface area contributed by atoms with Gasteiger partial charge in [0.25, 0.3) is 0 Å². The van der Waals surface area contributed by atoms with Gasteiger partial charge in [-0.3, -0.25) is 0 Å². The van der Waals surface area contributed by atoms with Gasteiger partial charge in [0.2, 0.25) is 0 Å². The molecule has 3 nitrogen and oxygen atoms in total. The van der Waals surface area contributed by atoms with E-state index in [1.165, 1.54) is 12.5 Å². The summed E-state index contributed by atoms with van der Waals surface area (Å²) >= 11 is 0. The maximum Gasteiger partial charge on any atom is 0.311 e. The molecule has 0 saturated carbocycles. The van der Waals surface area contributed by atoms with Gasteiger partial charge >= 0.3 is 8.56 Å². The molecule has 0 aromatic rings. The highest BCUT2D eigenvalue weighted by molar-refractivity contribution is 6.87. The van der Waals surface area contributed by atoms with Gasteiger partial charge in [-0.2, -0.15) is 0 Å². The van der Waals surface area contributed by atoms with Crippen LogP contribution in [0.25, 0.3) is 0 Å². The highest BCUT2D eigenvalue weighted by Crippen LogP contribution is 2.23. The molecule has 0 atom stereocenters. The number of nitrogens with one attached hydrogen (secondary N) is 1. The van der Waals surface area contributed by atoms with E-state index in [1.807, 2.05) is 7.05 Å². The lowest BCUT2D eigenvalue weighted by atomic mass is 10.5. The van der Waals surface area contributed by atoms with Crippen LogP contribution in [0, 0.1) is 0 Å². The maximum absolute atomic E-state index is 6.41. The highest BCUT2D eigenvalue weighted by atomic mass is 28.5. The first-order valence-electron chi connectivity index (χ1n) is 6.52. The zero-order chi connectivity index (χ0) is 13.7. The topological polar surface area (TPSA) is 30.5 Å². The van der Waals surface area contributed by atoms with Gasteiger partial charge in [0.15, 0.2) is 16.6 Å². The monoisotopic (exact) mass is 293 g/mol. The molecule has 0 bridgehead atoms. The summed E-state index contributed by atoms with van der Waals surface area (Å²) in [6.07, 6.45) is 1.20. The second-order valence-corrected chi connectivity index (χ2v) is 19.4. The van der Waals surface area contributed by atoms with Gasteiger partial charge in [-0.05, 0) is 71.9 Å². The highest BCUT2D eigenvalue weighted by Gasteiger charge is 2.37. The molecule has 104 valence electrons. The molecule has 1 N–H and O–H groups in total. The van der Waals surface area contributed by atoms with Crippen molar-refractivity contribution < 1.29 is 8.23 Å². The fourth-order valence-corrected chi connectivity index (χ4v) is 15.4. The third-order valence-corrected chi connectivity index (χ3v) is 12.4. The molecule has 0 amide bonds. The lowest BCUT2D eigenvalue weighted by Gasteiger charge is -2.37. The van der Waals surface area contributed by atoms with E-state index in [2.05, 4.69) is 51.1 Å². The summed E-state index contributed by atoms with van der Waals surface area (Å²) in [4.78, 5) is 0. The SMILES string of the molecule is CNCCC[Si](C)(C)O[Si](C)(C)O[Si](C)(C)C. The first-order chi connectivity index (χ1) is 7.47. The van der Waals surface area contributed by atoms with Gasteiger partial charge in [0.05, 0.1) is 0 Å². The lowest BCUT2D eigenvalue weighted by Crippen LogP contribution is -2.51. The van der Waals surface area contributed by atoms with E-state index in [-0.39, 0.29) is 0 Å². The zero-order valence-electron chi connectivity index (χ0n) is 12.9. The van der Waals surface area contributed by atoms with Crippen molar-refractivity contribution in [1.82, 2.24) is 5.32 Å². The van der Waals surface area contributed by atoms with Gasteiger partial charge < -0.3 is 13.5 Å². The number of rotatable bonds is 8. The first kappa shape index (κ1) is 17.5. The minimum atomic E-state index is -1.93. The van der Waals surface area contributed by atoms with Crippen molar-refractivity contribution in [3.8, 4) is 0 Å². The van der Waals surface area contributed by atoms with Crippen molar-refractivity contribution >= 4 is 25.2 Å². The average molecular weight is 294 g/mol. The van der Waals surface area contributed by atoms with Crippen LogP contribution < -0.4 is 5.32 Å². The van der Waals surface area contributed by atoms with E-state index >= 15 is 0 Å². The quantitative estimate of drug-likeness (QED) is 0.550. The molecule has 0 fully saturated rings. The van der Waals surface area contributed by atoms with Crippen LogP contribution in [0.5, 0.6) is 0 Å². The van der Waals surface area contributed by atoms with Gasteiger partial charge in [0.1, 0.15) is 0 Å². The largest absolute Gasteiger partial charge is 0.437 e. The molecule has 6 heteroatoms. The summed E-state index contributed by atoms with van der Waals surface area (Å²) in [6, 6.07) is 1.21. The molecule has 0 aromatic heterocycles. The van der Waals surface area contributed by atoms with Crippen LogP contribution in [0.4, 0.5) is 0 Å². The van der Waals surface area contributed by atoms with E-state index in [9.17, 15) is 0 Å². The summed E-state index contributed by atoms with van der Waals surface area (Å²) in [5.41, 5.74) is 0. The first-order valence-corrected chi connectivity index (χ1v) is 15.9. The second-order valence-electron chi connectivity index (χ2n) is 6.68. The van der Waals surface area contributed by atoms with Gasteiger partial charge in [0, 0.05) is 0 Å². The van der Waals surface area contributed by atoms with Crippen molar-refractivity contribution in [2.75, 3.05) is 13.6 Å². The Morgan fingerprint density at radius 3 is 1.82 bits per heavy atom. The molecular formula is C11H31NO2Si3. The maximum atomic E-state index is 6.41. The molecule has 0 heterocycles. The summed E-state index contributed by atoms with van der Waals surface area (Å²) in [5, 5.41) is 3.19. The van der Waals surface area contributed by atoms with Gasteiger partial charge in [-0.15, -0.1) is 0 Å². The fourth-order valence-electron chi connectivity index (χ4n) is 2.17. The Labute approximate surface area is 111 Å². The summed E-state index contributed by atoms with van der Waals surface area (Å²) < 4.78 is 12.7. The number of hydrogen-bond acceptors (Lipinski definition) is 3. The van der Waals surface area contributed by atoms with Crippen LogP contribution in [0.15, 0.2) is 0 Å². The zero-order valence-corrected chi connectivity index (χ0v) is 15.9. The molecule has 0 rings (SSSR count). The summed E-state index contributed by atoms with van der Waals surface area (Å²) in [6.45, 7) is 16.8. The molecule has 0 saturated heterocycles. The smallest absolute Gasteiger partial charge is 0.311 e. The molecule has 0 spiro atoms. The van der Waals surface area contributed by atoms with Crippen LogP contribution in [-0.4, -0.2) is 38.8 Å². The molecule has 0 radical (unpaired) electrons. The summed E-state index contributed by atoms with van der Waals surface area (Å²) in [5.74, 6) is 0. The van der Waals surface area contributed by atoms with E-state index in [1.54, 1.807) is 0 Å². The summed E-state index contributed by atoms with van der Waals surface area (Å²) in [7, 11) is -2.97. The fraction of sp³-hybridized carbons (Fsp3) is 1.00. The van der Waals surface area contributed by atoms with E-state index < -0.39 is 25.2 Å². The van der Waals surface area contributed by atoms with E-state index in [4.69, 9.17) is 8.23 Å². The Bertz CT molecular complexity index is 227. The van der Waals surface area contributed by atoms with Crippen molar-refractivity contribution in [2.45, 2.75) is 58.3 Å². The Morgan fingerprint density at radius 2 is 1.41 bits per heavy atom. The Kier molecular flexibility index (Phi) is 6.83. The van der Waals surface area contributed by atoms with Gasteiger partial charge in [-0.1, -0.05) is 0 Å². The van der Waals surface area contributed by atoms with E-state index in [0.29, 0.717) is 0 Å². The molecule has 0 aliphatic rings. The lowest BCUT2D eigenvalue weighted by molar-refractivity contribution is 0.391. The molecule has 0 aromatic carbocycles. The molecule has 0 aliphatic heterocycles. The van der Waals surface area contributed by atoms with Crippen molar-refractivity contribution in [1.29, 1.82) is 0 Å². The predicted molar refractivity (Wildman–Crippen MR) is 83.8 cm³/mol. The Hall–Kier alpha value is 0.531. The van der Waals surface area contributed by atoms with Crippen LogP contribution in [0.2, 0.25) is 51.9 Å². The standard InChI is InChI=1S/C11H31NO2Si3/c1-12-10-9-11-16(5,6)14-17(7,8)13-15(2,3)4/h12H,9-11H2,1-8H3. The molecule has 0 aliphatic carbocycles.